The van der Waals surface area contributed by atoms with Crippen LogP contribution in [0.5, 0.6) is 5.75 Å². The number of allylic oxidation sites excluding steroid dienone is 2. The maximum absolute atomic E-state index is 12.0. The predicted octanol–water partition coefficient (Wildman–Crippen LogP) is 5.51. The van der Waals surface area contributed by atoms with Crippen LogP contribution in [0.2, 0.25) is 0 Å². The highest BCUT2D eigenvalue weighted by molar-refractivity contribution is 5.94. The minimum absolute atomic E-state index is 0.134. The van der Waals surface area contributed by atoms with Gasteiger partial charge in [-0.1, -0.05) is 46.8 Å². The fraction of sp³-hybridized carbons (Fsp3) is 0.550. The molecule has 0 saturated carbocycles. The molecular formula is C20H28O2. The van der Waals surface area contributed by atoms with E-state index in [0.29, 0.717) is 18.3 Å². The van der Waals surface area contributed by atoms with Crippen molar-refractivity contribution in [1.82, 2.24) is 0 Å². The Morgan fingerprint density at radius 3 is 2.36 bits per heavy atom. The minimum atomic E-state index is 0.134. The molecule has 0 saturated heterocycles. The number of hydrogen-bond acceptors (Lipinski definition) is 2. The largest absolute Gasteiger partial charge is 0.461 e. The normalized spacial score (nSPS) is 14.4. The first-order valence-corrected chi connectivity index (χ1v) is 8.42. The van der Waals surface area contributed by atoms with E-state index in [0.717, 1.165) is 29.9 Å². The van der Waals surface area contributed by atoms with Crippen molar-refractivity contribution in [3.05, 3.63) is 40.2 Å². The SMILES string of the molecule is CCCC1=C(C(C)=O)Cc2cc(C(C)C)cc(C(C)C)c2O1. The number of carbonyl (C=O) groups excluding carboxylic acids is 1. The van der Waals surface area contributed by atoms with Gasteiger partial charge in [0.15, 0.2) is 5.78 Å². The van der Waals surface area contributed by atoms with E-state index in [1.54, 1.807) is 6.92 Å². The second-order valence-electron chi connectivity index (χ2n) is 6.89. The summed E-state index contributed by atoms with van der Waals surface area (Å²) >= 11 is 0. The predicted molar refractivity (Wildman–Crippen MR) is 91.6 cm³/mol. The summed E-state index contributed by atoms with van der Waals surface area (Å²) in [5.74, 6) is 2.89. The molecule has 1 heterocycles. The molecule has 120 valence electrons. The Morgan fingerprint density at radius 2 is 1.86 bits per heavy atom. The van der Waals surface area contributed by atoms with E-state index < -0.39 is 0 Å². The minimum Gasteiger partial charge on any atom is -0.461 e. The fourth-order valence-electron chi connectivity index (χ4n) is 2.98. The van der Waals surface area contributed by atoms with E-state index in [9.17, 15) is 4.79 Å². The van der Waals surface area contributed by atoms with Crippen LogP contribution in [-0.4, -0.2) is 5.78 Å². The molecule has 1 aromatic rings. The molecule has 0 N–H and O–H groups in total. The number of fused-ring (bicyclic) bond motifs is 1. The van der Waals surface area contributed by atoms with Gasteiger partial charge in [-0.3, -0.25) is 4.79 Å². The van der Waals surface area contributed by atoms with Crippen LogP contribution in [0.25, 0.3) is 0 Å². The zero-order chi connectivity index (χ0) is 16.4. The summed E-state index contributed by atoms with van der Waals surface area (Å²) in [4.78, 5) is 12.0. The van der Waals surface area contributed by atoms with E-state index >= 15 is 0 Å². The Labute approximate surface area is 134 Å². The summed E-state index contributed by atoms with van der Waals surface area (Å²) in [6.07, 6.45) is 2.53. The van der Waals surface area contributed by atoms with Crippen molar-refractivity contribution in [2.24, 2.45) is 0 Å². The molecule has 0 unspecified atom stereocenters. The van der Waals surface area contributed by atoms with Crippen LogP contribution in [0, 0.1) is 0 Å². The fourth-order valence-corrected chi connectivity index (χ4v) is 2.98. The first kappa shape index (κ1) is 16.8. The zero-order valence-corrected chi connectivity index (χ0v) is 14.7. The second-order valence-corrected chi connectivity index (χ2v) is 6.89. The van der Waals surface area contributed by atoms with Gasteiger partial charge in [0.05, 0.1) is 0 Å². The first-order chi connectivity index (χ1) is 10.3. The Bertz CT molecular complexity index is 606. The Hall–Kier alpha value is -1.57. The van der Waals surface area contributed by atoms with Crippen LogP contribution in [0.3, 0.4) is 0 Å². The molecule has 2 nitrogen and oxygen atoms in total. The zero-order valence-electron chi connectivity index (χ0n) is 14.7. The summed E-state index contributed by atoms with van der Waals surface area (Å²) in [6.45, 7) is 12.6. The van der Waals surface area contributed by atoms with Crippen LogP contribution in [0.15, 0.2) is 23.5 Å². The lowest BCUT2D eigenvalue weighted by atomic mass is 9.87. The van der Waals surface area contributed by atoms with Crippen molar-refractivity contribution in [2.45, 2.75) is 72.6 Å². The van der Waals surface area contributed by atoms with Crippen molar-refractivity contribution in [1.29, 1.82) is 0 Å². The highest BCUT2D eigenvalue weighted by Gasteiger charge is 2.26. The van der Waals surface area contributed by atoms with E-state index in [4.69, 9.17) is 4.74 Å². The quantitative estimate of drug-likeness (QED) is 0.716. The lowest BCUT2D eigenvalue weighted by Gasteiger charge is -2.27. The van der Waals surface area contributed by atoms with Crippen molar-refractivity contribution >= 4 is 5.78 Å². The maximum atomic E-state index is 12.0. The Balaban J connectivity index is 2.56. The molecular weight excluding hydrogens is 272 g/mol. The summed E-state index contributed by atoms with van der Waals surface area (Å²) in [5, 5.41) is 0. The van der Waals surface area contributed by atoms with Crippen LogP contribution in [-0.2, 0) is 11.2 Å². The molecule has 0 atom stereocenters. The summed E-state index contributed by atoms with van der Waals surface area (Å²) < 4.78 is 6.23. The number of Topliss-reactive ketones (excluding diaryl/α,β-unsaturated/α-hetero) is 1. The lowest BCUT2D eigenvalue weighted by Crippen LogP contribution is -2.17. The van der Waals surface area contributed by atoms with Gasteiger partial charge in [-0.25, -0.2) is 0 Å². The van der Waals surface area contributed by atoms with Gasteiger partial charge in [-0.05, 0) is 41.9 Å². The van der Waals surface area contributed by atoms with Gasteiger partial charge in [-0.15, -0.1) is 0 Å². The molecule has 1 aliphatic heterocycles. The molecule has 0 bridgehead atoms. The average Bonchev–Trinajstić information content (AvgIpc) is 2.45. The molecule has 0 aromatic heterocycles. The number of hydrogen-bond donors (Lipinski definition) is 0. The van der Waals surface area contributed by atoms with Gasteiger partial charge >= 0.3 is 0 Å². The van der Waals surface area contributed by atoms with E-state index in [2.05, 4.69) is 46.8 Å². The molecule has 22 heavy (non-hydrogen) atoms. The van der Waals surface area contributed by atoms with Gasteiger partial charge < -0.3 is 4.74 Å². The Kier molecular flexibility index (Phi) is 5.10. The summed E-state index contributed by atoms with van der Waals surface area (Å²) in [6, 6.07) is 4.49. The van der Waals surface area contributed by atoms with Crippen molar-refractivity contribution in [3.8, 4) is 5.75 Å². The van der Waals surface area contributed by atoms with Crippen LogP contribution in [0.1, 0.15) is 82.9 Å². The van der Waals surface area contributed by atoms with Crippen LogP contribution in [0.4, 0.5) is 0 Å². The number of rotatable bonds is 5. The topological polar surface area (TPSA) is 26.3 Å². The third kappa shape index (κ3) is 3.26. The maximum Gasteiger partial charge on any atom is 0.159 e. The number of benzene rings is 1. The highest BCUT2D eigenvalue weighted by atomic mass is 16.5. The monoisotopic (exact) mass is 300 g/mol. The van der Waals surface area contributed by atoms with Gasteiger partial charge in [0.2, 0.25) is 0 Å². The summed E-state index contributed by atoms with van der Waals surface area (Å²) in [5.41, 5.74) is 4.61. The van der Waals surface area contributed by atoms with Crippen LogP contribution < -0.4 is 4.74 Å². The standard InChI is InChI=1S/C20H28O2/c1-7-8-19-18(14(6)21)11-16-9-15(12(2)3)10-17(13(4)5)20(16)22-19/h9-10,12-13H,7-8,11H2,1-6H3. The molecule has 1 aliphatic rings. The molecule has 0 fully saturated rings. The summed E-state index contributed by atoms with van der Waals surface area (Å²) in [7, 11) is 0. The van der Waals surface area contributed by atoms with Crippen molar-refractivity contribution in [3.63, 3.8) is 0 Å². The highest BCUT2D eigenvalue weighted by Crippen LogP contribution is 2.40. The average molecular weight is 300 g/mol. The second kappa shape index (κ2) is 6.68. The molecule has 1 aromatic carbocycles. The van der Waals surface area contributed by atoms with Gasteiger partial charge in [0.1, 0.15) is 11.5 Å². The molecule has 0 spiro atoms. The van der Waals surface area contributed by atoms with E-state index in [-0.39, 0.29) is 5.78 Å². The van der Waals surface area contributed by atoms with Gasteiger partial charge in [0, 0.05) is 18.4 Å². The van der Waals surface area contributed by atoms with Crippen LogP contribution >= 0.6 is 0 Å². The number of ether oxygens (including phenoxy) is 1. The lowest BCUT2D eigenvalue weighted by molar-refractivity contribution is -0.113. The number of ketones is 1. The molecule has 0 radical (unpaired) electrons. The third-order valence-electron chi connectivity index (χ3n) is 4.34. The van der Waals surface area contributed by atoms with Crippen molar-refractivity contribution in [2.75, 3.05) is 0 Å². The molecule has 0 aliphatic carbocycles. The molecule has 0 amide bonds. The number of carbonyl (C=O) groups is 1. The molecule has 2 heteroatoms. The first-order valence-electron chi connectivity index (χ1n) is 8.42. The van der Waals surface area contributed by atoms with E-state index in [1.807, 2.05) is 0 Å². The Morgan fingerprint density at radius 1 is 1.18 bits per heavy atom. The van der Waals surface area contributed by atoms with Gasteiger partial charge in [0.25, 0.3) is 0 Å². The smallest absolute Gasteiger partial charge is 0.159 e. The van der Waals surface area contributed by atoms with E-state index in [1.165, 1.54) is 16.7 Å². The molecule has 2 rings (SSSR count). The van der Waals surface area contributed by atoms with Gasteiger partial charge in [-0.2, -0.15) is 0 Å². The third-order valence-corrected chi connectivity index (χ3v) is 4.34. The van der Waals surface area contributed by atoms with Crippen molar-refractivity contribution < 1.29 is 9.53 Å².